The first-order valence-electron chi connectivity index (χ1n) is 4.44. The van der Waals surface area contributed by atoms with Gasteiger partial charge in [0.25, 0.3) is 0 Å². The van der Waals surface area contributed by atoms with Gasteiger partial charge in [0.2, 0.25) is 5.91 Å². The molecule has 1 heterocycles. The summed E-state index contributed by atoms with van der Waals surface area (Å²) in [4.78, 5) is 10.5. The van der Waals surface area contributed by atoms with Crippen molar-refractivity contribution in [3.63, 3.8) is 0 Å². The number of nitrogens with one attached hydrogen (secondary N) is 2. The van der Waals surface area contributed by atoms with Crippen molar-refractivity contribution in [3.05, 3.63) is 0 Å². The second-order valence-corrected chi connectivity index (χ2v) is 3.15. The molecule has 0 bridgehead atoms. The summed E-state index contributed by atoms with van der Waals surface area (Å²) in [5.41, 5.74) is 0. The summed E-state index contributed by atoms with van der Waals surface area (Å²) in [6, 6.07) is 0.00811. The van der Waals surface area contributed by atoms with Gasteiger partial charge in [0.15, 0.2) is 0 Å². The van der Waals surface area contributed by atoms with Crippen molar-refractivity contribution in [2.45, 2.75) is 19.1 Å². The number of hydrogen-bond donors (Lipinski definition) is 3. The van der Waals surface area contributed by atoms with Crippen LogP contribution >= 0.6 is 0 Å². The minimum Gasteiger partial charge on any atom is -0.389 e. The van der Waals surface area contributed by atoms with Gasteiger partial charge in [-0.2, -0.15) is 0 Å². The monoisotopic (exact) mass is 188 g/mol. The number of rotatable bonds is 4. The largest absolute Gasteiger partial charge is 0.389 e. The Labute approximate surface area is 77.5 Å². The molecule has 1 aliphatic heterocycles. The van der Waals surface area contributed by atoms with Gasteiger partial charge in [0.05, 0.1) is 25.4 Å². The lowest BCUT2D eigenvalue weighted by molar-refractivity contribution is -0.118. The minimum absolute atomic E-state index is 0.00811. The van der Waals surface area contributed by atoms with E-state index in [1.807, 2.05) is 0 Å². The Morgan fingerprint density at radius 1 is 1.54 bits per heavy atom. The molecule has 1 rings (SSSR count). The summed E-state index contributed by atoms with van der Waals surface area (Å²) in [6.07, 6.45) is -0.419. The quantitative estimate of drug-likeness (QED) is 0.468. The van der Waals surface area contributed by atoms with Crippen molar-refractivity contribution in [1.29, 1.82) is 0 Å². The Morgan fingerprint density at radius 3 is 2.85 bits per heavy atom. The fourth-order valence-electron chi connectivity index (χ4n) is 1.23. The average Bonchev–Trinajstić information content (AvgIpc) is 2.45. The summed E-state index contributed by atoms with van der Waals surface area (Å²) >= 11 is 0. The van der Waals surface area contributed by atoms with Crippen molar-refractivity contribution in [2.75, 3.05) is 26.3 Å². The number of carbonyl (C=O) groups excluding carboxylic acids is 1. The van der Waals surface area contributed by atoms with Crippen molar-refractivity contribution in [1.82, 2.24) is 10.6 Å². The molecule has 3 N–H and O–H groups in total. The van der Waals surface area contributed by atoms with Gasteiger partial charge in [-0.1, -0.05) is 0 Å². The third-order valence-electron chi connectivity index (χ3n) is 1.96. The van der Waals surface area contributed by atoms with E-state index >= 15 is 0 Å². The molecule has 76 valence electrons. The maximum Gasteiger partial charge on any atom is 0.216 e. The van der Waals surface area contributed by atoms with E-state index in [-0.39, 0.29) is 11.9 Å². The Hall–Kier alpha value is -0.650. The smallest absolute Gasteiger partial charge is 0.216 e. The van der Waals surface area contributed by atoms with Gasteiger partial charge < -0.3 is 20.5 Å². The van der Waals surface area contributed by atoms with E-state index in [9.17, 15) is 9.90 Å². The highest BCUT2D eigenvalue weighted by molar-refractivity contribution is 5.72. The highest BCUT2D eigenvalue weighted by Crippen LogP contribution is 2.03. The van der Waals surface area contributed by atoms with Crippen LogP contribution in [-0.4, -0.2) is 49.5 Å². The molecular weight excluding hydrogens is 172 g/mol. The molecule has 0 spiro atoms. The Kier molecular flexibility index (Phi) is 4.14. The molecule has 5 nitrogen and oxygen atoms in total. The highest BCUT2D eigenvalue weighted by atomic mass is 16.5. The fourth-order valence-corrected chi connectivity index (χ4v) is 1.23. The van der Waals surface area contributed by atoms with Crippen LogP contribution in [0.5, 0.6) is 0 Å². The van der Waals surface area contributed by atoms with Crippen LogP contribution in [-0.2, 0) is 9.53 Å². The molecule has 1 saturated heterocycles. The average molecular weight is 188 g/mol. The SMILES string of the molecule is CC(=O)NCCNC1COCC1O. The molecular formula is C8H16N2O3. The van der Waals surface area contributed by atoms with Crippen molar-refractivity contribution in [3.8, 4) is 0 Å². The van der Waals surface area contributed by atoms with Crippen LogP contribution in [0, 0.1) is 0 Å². The van der Waals surface area contributed by atoms with E-state index in [1.165, 1.54) is 6.92 Å². The lowest BCUT2D eigenvalue weighted by Crippen LogP contribution is -2.42. The van der Waals surface area contributed by atoms with Crippen LogP contribution in [0.3, 0.4) is 0 Å². The number of ether oxygens (including phenoxy) is 1. The van der Waals surface area contributed by atoms with Crippen LogP contribution in [0.2, 0.25) is 0 Å². The number of aliphatic hydroxyl groups is 1. The first-order valence-corrected chi connectivity index (χ1v) is 4.44. The molecule has 1 fully saturated rings. The van der Waals surface area contributed by atoms with Gasteiger partial charge in [0.1, 0.15) is 0 Å². The lowest BCUT2D eigenvalue weighted by Gasteiger charge is -2.14. The maximum absolute atomic E-state index is 10.5. The zero-order chi connectivity index (χ0) is 9.68. The lowest BCUT2D eigenvalue weighted by atomic mass is 10.2. The fraction of sp³-hybridized carbons (Fsp3) is 0.875. The second kappa shape index (κ2) is 5.16. The zero-order valence-electron chi connectivity index (χ0n) is 7.75. The van der Waals surface area contributed by atoms with E-state index in [4.69, 9.17) is 4.74 Å². The molecule has 13 heavy (non-hydrogen) atoms. The van der Waals surface area contributed by atoms with Crippen LogP contribution in [0.15, 0.2) is 0 Å². The van der Waals surface area contributed by atoms with Crippen LogP contribution in [0.25, 0.3) is 0 Å². The van der Waals surface area contributed by atoms with E-state index in [0.29, 0.717) is 26.3 Å². The highest BCUT2D eigenvalue weighted by Gasteiger charge is 2.24. The van der Waals surface area contributed by atoms with Gasteiger partial charge in [-0.15, -0.1) is 0 Å². The number of carbonyl (C=O) groups is 1. The topological polar surface area (TPSA) is 70.6 Å². The molecule has 0 saturated carbocycles. The standard InChI is InChI=1S/C8H16N2O3/c1-6(11)9-2-3-10-7-4-13-5-8(7)12/h7-8,10,12H,2-5H2,1H3,(H,9,11). The predicted molar refractivity (Wildman–Crippen MR) is 47.3 cm³/mol. The van der Waals surface area contributed by atoms with E-state index < -0.39 is 6.10 Å². The predicted octanol–water partition coefficient (Wildman–Crippen LogP) is -1.53. The van der Waals surface area contributed by atoms with Crippen molar-refractivity contribution < 1.29 is 14.6 Å². The summed E-state index contributed by atoms with van der Waals surface area (Å²) in [5.74, 6) is -0.0370. The first kappa shape index (κ1) is 10.4. The molecule has 0 aromatic rings. The minimum atomic E-state index is -0.419. The molecule has 0 aromatic heterocycles. The first-order chi connectivity index (χ1) is 6.20. The van der Waals surface area contributed by atoms with Crippen molar-refractivity contribution >= 4 is 5.91 Å². The summed E-state index contributed by atoms with van der Waals surface area (Å²) < 4.78 is 5.05. The molecule has 0 aliphatic carbocycles. The molecule has 1 amide bonds. The number of aliphatic hydroxyl groups excluding tert-OH is 1. The van der Waals surface area contributed by atoms with E-state index in [2.05, 4.69) is 10.6 Å². The molecule has 1 aliphatic rings. The molecule has 5 heteroatoms. The Bertz CT molecular complexity index is 175. The maximum atomic E-state index is 10.5. The second-order valence-electron chi connectivity index (χ2n) is 3.15. The van der Waals surface area contributed by atoms with Gasteiger partial charge in [-0.3, -0.25) is 4.79 Å². The van der Waals surface area contributed by atoms with Gasteiger partial charge in [-0.05, 0) is 0 Å². The van der Waals surface area contributed by atoms with Crippen LogP contribution in [0.1, 0.15) is 6.92 Å². The summed E-state index contributed by atoms with van der Waals surface area (Å²) in [7, 11) is 0. The Balaban J connectivity index is 2.02. The van der Waals surface area contributed by atoms with E-state index in [1.54, 1.807) is 0 Å². The van der Waals surface area contributed by atoms with Crippen LogP contribution in [0.4, 0.5) is 0 Å². The zero-order valence-corrected chi connectivity index (χ0v) is 7.75. The van der Waals surface area contributed by atoms with Gasteiger partial charge in [-0.25, -0.2) is 0 Å². The molecule has 2 unspecified atom stereocenters. The summed E-state index contributed by atoms with van der Waals surface area (Å²) in [5, 5.41) is 15.1. The Morgan fingerprint density at radius 2 is 2.31 bits per heavy atom. The number of hydrogen-bond acceptors (Lipinski definition) is 4. The van der Waals surface area contributed by atoms with Crippen LogP contribution < -0.4 is 10.6 Å². The number of amides is 1. The molecule has 2 atom stereocenters. The van der Waals surface area contributed by atoms with E-state index in [0.717, 1.165) is 0 Å². The summed E-state index contributed by atoms with van der Waals surface area (Å²) in [6.45, 7) is 3.66. The normalized spacial score (nSPS) is 27.5. The van der Waals surface area contributed by atoms with Gasteiger partial charge in [0, 0.05) is 20.0 Å². The molecule has 0 radical (unpaired) electrons. The van der Waals surface area contributed by atoms with Crippen molar-refractivity contribution in [2.24, 2.45) is 0 Å². The third-order valence-corrected chi connectivity index (χ3v) is 1.96. The molecule has 0 aromatic carbocycles. The van der Waals surface area contributed by atoms with Gasteiger partial charge >= 0.3 is 0 Å². The third kappa shape index (κ3) is 3.71.